The van der Waals surface area contributed by atoms with E-state index in [4.69, 9.17) is 27.9 Å². The van der Waals surface area contributed by atoms with E-state index in [2.05, 4.69) is 10.2 Å². The zero-order valence-electron chi connectivity index (χ0n) is 20.1. The molecule has 3 aromatic carbocycles. The number of carbonyl (C=O) groups excluding carboxylic acids is 2. The number of hydrogen-bond acceptors (Lipinski definition) is 4. The molecule has 4 atom stereocenters. The number of nitrogens with zero attached hydrogens (tertiary/aromatic N) is 1. The maximum Gasteiger partial charge on any atom is 0.250 e. The fraction of sp³-hybridized carbons (Fsp3) is 0.310. The van der Waals surface area contributed by atoms with Crippen LogP contribution in [0.25, 0.3) is 0 Å². The fourth-order valence-electron chi connectivity index (χ4n) is 6.71. The smallest absolute Gasteiger partial charge is 0.250 e. The van der Waals surface area contributed by atoms with Crippen molar-refractivity contribution in [1.82, 2.24) is 4.90 Å². The summed E-state index contributed by atoms with van der Waals surface area (Å²) in [6, 6.07) is 17.5. The normalized spacial score (nSPS) is 26.4. The first-order valence-corrected chi connectivity index (χ1v) is 13.2. The van der Waals surface area contributed by atoms with Crippen molar-refractivity contribution >= 4 is 40.6 Å². The first-order chi connectivity index (χ1) is 17.9. The van der Waals surface area contributed by atoms with Crippen molar-refractivity contribution in [3.8, 4) is 5.75 Å². The van der Waals surface area contributed by atoms with Gasteiger partial charge in [0.05, 0.1) is 11.6 Å². The van der Waals surface area contributed by atoms with Crippen LogP contribution >= 0.6 is 23.2 Å². The number of halogens is 3. The Balaban J connectivity index is 1.60. The van der Waals surface area contributed by atoms with Gasteiger partial charge >= 0.3 is 0 Å². The average molecular weight is 539 g/mol. The number of carbonyl (C=O) groups is 2. The highest BCUT2D eigenvalue weighted by Gasteiger charge is 2.69. The minimum Gasteiger partial charge on any atom is -0.494 e. The van der Waals surface area contributed by atoms with Crippen molar-refractivity contribution in [1.29, 1.82) is 0 Å². The van der Waals surface area contributed by atoms with E-state index in [9.17, 15) is 9.59 Å². The van der Waals surface area contributed by atoms with E-state index in [1.54, 1.807) is 24.3 Å². The molecule has 3 aromatic rings. The highest BCUT2D eigenvalue weighted by molar-refractivity contribution is 6.31. The van der Waals surface area contributed by atoms with Crippen molar-refractivity contribution in [3.63, 3.8) is 0 Å². The molecule has 1 aliphatic carbocycles. The number of fused-ring (bicyclic) bond motifs is 3. The predicted octanol–water partition coefficient (Wildman–Crippen LogP) is 6.33. The van der Waals surface area contributed by atoms with Crippen LogP contribution in [0.15, 0.2) is 60.7 Å². The van der Waals surface area contributed by atoms with Gasteiger partial charge in [0.2, 0.25) is 5.91 Å². The Hall–Kier alpha value is -2.93. The number of benzene rings is 3. The van der Waals surface area contributed by atoms with E-state index in [-0.39, 0.29) is 28.3 Å². The van der Waals surface area contributed by atoms with Crippen LogP contribution in [0.5, 0.6) is 5.75 Å². The molecule has 6 rings (SSSR count). The molecule has 37 heavy (non-hydrogen) atoms. The molecule has 0 unspecified atom stereocenters. The number of amides is 1. The summed E-state index contributed by atoms with van der Waals surface area (Å²) in [5.74, 6) is -1.44. The van der Waals surface area contributed by atoms with Gasteiger partial charge in [-0.3, -0.25) is 14.5 Å². The van der Waals surface area contributed by atoms with E-state index in [0.29, 0.717) is 42.3 Å². The summed E-state index contributed by atoms with van der Waals surface area (Å²) < 4.78 is 21.4. The van der Waals surface area contributed by atoms with Crippen LogP contribution in [0.1, 0.15) is 42.4 Å². The predicted molar refractivity (Wildman–Crippen MR) is 141 cm³/mol. The number of ketones is 1. The largest absolute Gasteiger partial charge is 0.494 e. The molecule has 1 N–H and O–H groups in total. The Labute approximate surface area is 224 Å². The standard InChI is InChI=1S/C29H25Cl2FN2O3/c1-2-37-18-6-3-5-16(13-18)15-34-23-11-12-24(35)25(23)26(19-7-4-8-21(31)27(19)32)29(34)20-10-9-17(30)14-22(20)33-28(29)36/h3-10,13-14,23,25-26H,2,11-12,15H2,1H3,(H,33,36)/t23-,25-,26-,29+/m0/s1. The highest BCUT2D eigenvalue weighted by atomic mass is 35.5. The van der Waals surface area contributed by atoms with Crippen LogP contribution in [0.3, 0.4) is 0 Å². The lowest BCUT2D eigenvalue weighted by molar-refractivity contribution is -0.128. The average Bonchev–Trinajstić information content (AvgIpc) is 3.47. The minimum absolute atomic E-state index is 0.0350. The Kier molecular flexibility index (Phi) is 6.02. The molecular weight excluding hydrogens is 514 g/mol. The van der Waals surface area contributed by atoms with Crippen molar-refractivity contribution in [3.05, 3.63) is 93.2 Å². The van der Waals surface area contributed by atoms with E-state index in [1.165, 1.54) is 6.07 Å². The Bertz CT molecular complexity index is 1430. The number of likely N-dealkylation sites (tertiary alicyclic amines) is 1. The number of rotatable bonds is 5. The third kappa shape index (κ3) is 3.61. The van der Waals surface area contributed by atoms with E-state index >= 15 is 4.39 Å². The van der Waals surface area contributed by atoms with Gasteiger partial charge in [-0.1, -0.05) is 53.5 Å². The second-order valence-electron chi connectivity index (χ2n) is 9.84. The summed E-state index contributed by atoms with van der Waals surface area (Å²) in [7, 11) is 0. The molecular formula is C29H25Cl2FN2O3. The molecule has 2 aliphatic heterocycles. The molecule has 1 amide bonds. The molecule has 3 aliphatic rings. The van der Waals surface area contributed by atoms with Crippen LogP contribution in [-0.4, -0.2) is 29.2 Å². The summed E-state index contributed by atoms with van der Waals surface area (Å²) in [6.45, 7) is 2.83. The van der Waals surface area contributed by atoms with Gasteiger partial charge in [-0.05, 0) is 54.8 Å². The van der Waals surface area contributed by atoms with Crippen LogP contribution in [0, 0.1) is 11.7 Å². The van der Waals surface area contributed by atoms with Gasteiger partial charge in [0.15, 0.2) is 0 Å². The number of hydrogen-bond donors (Lipinski definition) is 1. The van der Waals surface area contributed by atoms with Crippen LogP contribution in [0.4, 0.5) is 10.1 Å². The van der Waals surface area contributed by atoms with Gasteiger partial charge in [0.1, 0.15) is 22.9 Å². The lowest BCUT2D eigenvalue weighted by atomic mass is 9.71. The first kappa shape index (κ1) is 24.4. The Morgan fingerprint density at radius 3 is 2.73 bits per heavy atom. The maximum absolute atomic E-state index is 15.7. The van der Waals surface area contributed by atoms with E-state index < -0.39 is 23.2 Å². The number of Topliss-reactive ketones (excluding diaryl/α,β-unsaturated/α-hetero) is 1. The van der Waals surface area contributed by atoms with Gasteiger partial charge in [0, 0.05) is 47.1 Å². The molecule has 1 spiro atoms. The van der Waals surface area contributed by atoms with E-state index in [1.807, 2.05) is 37.3 Å². The van der Waals surface area contributed by atoms with Crippen molar-refractivity contribution in [2.75, 3.05) is 11.9 Å². The van der Waals surface area contributed by atoms with Crippen molar-refractivity contribution < 1.29 is 18.7 Å². The zero-order chi connectivity index (χ0) is 25.9. The highest BCUT2D eigenvalue weighted by Crippen LogP contribution is 2.62. The van der Waals surface area contributed by atoms with Crippen LogP contribution in [0.2, 0.25) is 10.0 Å². The molecule has 2 heterocycles. The minimum atomic E-state index is -1.32. The lowest BCUT2D eigenvalue weighted by Gasteiger charge is -2.40. The van der Waals surface area contributed by atoms with Crippen LogP contribution < -0.4 is 10.1 Å². The quantitative estimate of drug-likeness (QED) is 0.412. The monoisotopic (exact) mass is 538 g/mol. The second kappa shape index (κ2) is 9.12. The molecule has 0 aromatic heterocycles. The molecule has 5 nitrogen and oxygen atoms in total. The topological polar surface area (TPSA) is 58.6 Å². The zero-order valence-corrected chi connectivity index (χ0v) is 21.7. The molecule has 190 valence electrons. The van der Waals surface area contributed by atoms with Gasteiger partial charge in [-0.2, -0.15) is 0 Å². The lowest BCUT2D eigenvalue weighted by Crippen LogP contribution is -2.51. The van der Waals surface area contributed by atoms with Gasteiger partial charge in [-0.15, -0.1) is 0 Å². The third-order valence-electron chi connectivity index (χ3n) is 8.00. The van der Waals surface area contributed by atoms with Crippen molar-refractivity contribution in [2.45, 2.75) is 43.8 Å². The first-order valence-electron chi connectivity index (χ1n) is 12.4. The molecule has 8 heteroatoms. The SMILES string of the molecule is CCOc1cccc(CN2[C@H]3CCC(=O)[C@H]3[C@H](c3cccc(Cl)c3F)[C@]23C(=O)Nc2cc(Cl)ccc23)c1. The van der Waals surface area contributed by atoms with Gasteiger partial charge in [0.25, 0.3) is 0 Å². The molecule has 0 bridgehead atoms. The summed E-state index contributed by atoms with van der Waals surface area (Å²) >= 11 is 12.5. The molecule has 1 saturated carbocycles. The molecule has 1 saturated heterocycles. The van der Waals surface area contributed by atoms with Gasteiger partial charge in [-0.25, -0.2) is 4.39 Å². The summed E-state index contributed by atoms with van der Waals surface area (Å²) in [4.78, 5) is 29.7. The number of nitrogens with one attached hydrogen (secondary N) is 1. The van der Waals surface area contributed by atoms with Crippen molar-refractivity contribution in [2.24, 2.45) is 5.92 Å². The van der Waals surface area contributed by atoms with Gasteiger partial charge < -0.3 is 10.1 Å². The number of anilines is 1. The van der Waals surface area contributed by atoms with Crippen LogP contribution in [-0.2, 0) is 21.7 Å². The summed E-state index contributed by atoms with van der Waals surface area (Å²) in [6.07, 6.45) is 0.972. The molecule has 0 radical (unpaired) electrons. The third-order valence-corrected chi connectivity index (χ3v) is 8.53. The fourth-order valence-corrected chi connectivity index (χ4v) is 7.07. The molecule has 2 fully saturated rings. The Morgan fingerprint density at radius 2 is 1.92 bits per heavy atom. The summed E-state index contributed by atoms with van der Waals surface area (Å²) in [5, 5.41) is 3.44. The van der Waals surface area contributed by atoms with E-state index in [0.717, 1.165) is 11.3 Å². The summed E-state index contributed by atoms with van der Waals surface area (Å²) in [5.41, 5.74) is 1.16. The second-order valence-corrected chi connectivity index (χ2v) is 10.7. The number of ether oxygens (including phenoxy) is 1. The maximum atomic E-state index is 15.7. The Morgan fingerprint density at radius 1 is 1.11 bits per heavy atom.